The molecule has 0 aliphatic heterocycles. The number of carbonyl (C=O) groups is 2. The number of nitriles is 2. The largest absolute Gasteiger partial charge is 0.444 e. The molecule has 0 unspecified atom stereocenters. The monoisotopic (exact) mass is 420 g/mol. The molecule has 0 bridgehead atoms. The Morgan fingerprint density at radius 2 is 1.07 bits per heavy atom. The first-order chi connectivity index (χ1) is 13.8. The smallest absolute Gasteiger partial charge is 0.407 e. The van der Waals surface area contributed by atoms with E-state index in [0.717, 1.165) is 38.5 Å². The van der Waals surface area contributed by atoms with Gasteiger partial charge in [0.1, 0.15) is 11.2 Å². The molecule has 8 heteroatoms. The van der Waals surface area contributed by atoms with Crippen LogP contribution in [0.4, 0.5) is 9.59 Å². The lowest BCUT2D eigenvalue weighted by Crippen LogP contribution is -2.37. The molecule has 8 nitrogen and oxygen atoms in total. The van der Waals surface area contributed by atoms with Gasteiger partial charge in [0.2, 0.25) is 0 Å². The van der Waals surface area contributed by atoms with Crippen LogP contribution in [0.3, 0.4) is 0 Å². The van der Waals surface area contributed by atoms with Crippen LogP contribution in [0.5, 0.6) is 0 Å². The number of ether oxygens (including phenoxy) is 2. The fourth-order valence-electron chi connectivity index (χ4n) is 3.41. The number of rotatable bonds is 2. The van der Waals surface area contributed by atoms with Crippen molar-refractivity contribution >= 4 is 12.2 Å². The number of hydrogen-bond acceptors (Lipinski definition) is 6. The average Bonchev–Trinajstić information content (AvgIpc) is 3.20. The molecule has 0 aromatic rings. The Morgan fingerprint density at radius 3 is 1.30 bits per heavy atom. The first-order valence-electron chi connectivity index (χ1n) is 10.6. The van der Waals surface area contributed by atoms with Crippen LogP contribution < -0.4 is 10.6 Å². The van der Waals surface area contributed by atoms with Gasteiger partial charge in [0.05, 0.1) is 12.1 Å². The SMILES string of the molecule is CC(C)(C)OC(=O)N[C@@H]1CC[C@H](C#N)C1.CC(C)(C)OC(=O)N[C@H]1CC[C@@H](C#N)C1. The highest BCUT2D eigenvalue weighted by Crippen LogP contribution is 2.25. The van der Waals surface area contributed by atoms with Crippen LogP contribution in [0.1, 0.15) is 80.1 Å². The minimum Gasteiger partial charge on any atom is -0.444 e. The summed E-state index contributed by atoms with van der Waals surface area (Å²) in [6, 6.07) is 4.65. The van der Waals surface area contributed by atoms with Crippen molar-refractivity contribution in [3.8, 4) is 12.1 Å². The Labute approximate surface area is 180 Å². The van der Waals surface area contributed by atoms with Crippen LogP contribution in [-0.2, 0) is 9.47 Å². The molecular formula is C22H36N4O4. The van der Waals surface area contributed by atoms with Crippen LogP contribution in [-0.4, -0.2) is 35.5 Å². The van der Waals surface area contributed by atoms with E-state index in [0.29, 0.717) is 0 Å². The summed E-state index contributed by atoms with van der Waals surface area (Å²) in [7, 11) is 0. The average molecular weight is 421 g/mol. The molecule has 2 N–H and O–H groups in total. The second kappa shape index (κ2) is 11.1. The molecule has 30 heavy (non-hydrogen) atoms. The first-order valence-corrected chi connectivity index (χ1v) is 10.6. The number of carbonyl (C=O) groups excluding carboxylic acids is 2. The van der Waals surface area contributed by atoms with Crippen LogP contribution in [0.2, 0.25) is 0 Å². The van der Waals surface area contributed by atoms with E-state index in [-0.39, 0.29) is 36.1 Å². The molecule has 0 saturated heterocycles. The normalized spacial score (nSPS) is 25.7. The van der Waals surface area contributed by atoms with E-state index in [1.54, 1.807) is 0 Å². The molecule has 0 aromatic heterocycles. The molecule has 0 radical (unpaired) electrons. The molecule has 4 atom stereocenters. The van der Waals surface area contributed by atoms with Gasteiger partial charge in [0.25, 0.3) is 0 Å². The van der Waals surface area contributed by atoms with Gasteiger partial charge in [0.15, 0.2) is 0 Å². The van der Waals surface area contributed by atoms with Gasteiger partial charge in [-0.05, 0) is 80.1 Å². The summed E-state index contributed by atoms with van der Waals surface area (Å²) >= 11 is 0. The molecule has 2 aliphatic carbocycles. The van der Waals surface area contributed by atoms with E-state index >= 15 is 0 Å². The predicted molar refractivity (Wildman–Crippen MR) is 112 cm³/mol. The van der Waals surface area contributed by atoms with Crippen molar-refractivity contribution in [2.45, 2.75) is 103 Å². The van der Waals surface area contributed by atoms with Gasteiger partial charge in [0, 0.05) is 23.9 Å². The van der Waals surface area contributed by atoms with E-state index in [4.69, 9.17) is 20.0 Å². The van der Waals surface area contributed by atoms with Gasteiger partial charge in [-0.1, -0.05) is 0 Å². The van der Waals surface area contributed by atoms with Gasteiger partial charge in [-0.15, -0.1) is 0 Å². The fraction of sp³-hybridized carbons (Fsp3) is 0.818. The lowest BCUT2D eigenvalue weighted by Gasteiger charge is -2.21. The van der Waals surface area contributed by atoms with Crippen molar-refractivity contribution in [3.05, 3.63) is 0 Å². The minimum absolute atomic E-state index is 0.0879. The Balaban J connectivity index is 0.000000300. The molecule has 2 rings (SSSR count). The number of amides is 2. The molecule has 2 aliphatic rings. The summed E-state index contributed by atoms with van der Waals surface area (Å²) in [4.78, 5) is 22.8. The summed E-state index contributed by atoms with van der Waals surface area (Å²) in [5.74, 6) is 0.176. The van der Waals surface area contributed by atoms with Gasteiger partial charge in [-0.25, -0.2) is 9.59 Å². The maximum Gasteiger partial charge on any atom is 0.407 e. The lowest BCUT2D eigenvalue weighted by atomic mass is 10.1. The standard InChI is InChI=1S/2C11H18N2O2/c2*1-11(2,3)15-10(14)13-9-5-4-8(6-9)7-12/h2*8-9H,4-6H2,1-3H3,(H,13,14)/t2*8-,9+/m10/s1. The second-order valence-corrected chi connectivity index (χ2v) is 9.96. The van der Waals surface area contributed by atoms with Crippen molar-refractivity contribution in [2.24, 2.45) is 11.8 Å². The highest BCUT2D eigenvalue weighted by molar-refractivity contribution is 5.68. The van der Waals surface area contributed by atoms with Gasteiger partial charge >= 0.3 is 12.2 Å². The number of alkyl carbamates (subject to hydrolysis) is 2. The third kappa shape index (κ3) is 10.9. The Bertz CT molecular complexity index is 609. The van der Waals surface area contributed by atoms with Crippen LogP contribution in [0.25, 0.3) is 0 Å². The summed E-state index contributed by atoms with van der Waals surface area (Å²) in [6.07, 6.45) is 4.21. The third-order valence-corrected chi connectivity index (χ3v) is 4.67. The number of nitrogens with one attached hydrogen (secondary N) is 2. The Morgan fingerprint density at radius 1 is 0.733 bits per heavy atom. The van der Waals surface area contributed by atoms with E-state index in [2.05, 4.69) is 22.8 Å². The molecule has 0 heterocycles. The summed E-state index contributed by atoms with van der Waals surface area (Å²) < 4.78 is 10.3. The van der Waals surface area contributed by atoms with Crippen LogP contribution in [0.15, 0.2) is 0 Å². The third-order valence-electron chi connectivity index (χ3n) is 4.67. The van der Waals surface area contributed by atoms with Gasteiger partial charge in [-0.2, -0.15) is 10.5 Å². The Kier molecular flexibility index (Phi) is 9.42. The molecule has 0 spiro atoms. The van der Waals surface area contributed by atoms with Crippen molar-refractivity contribution in [1.29, 1.82) is 10.5 Å². The Hall–Kier alpha value is -2.48. The van der Waals surface area contributed by atoms with Crippen molar-refractivity contribution in [3.63, 3.8) is 0 Å². The molecule has 2 fully saturated rings. The van der Waals surface area contributed by atoms with Gasteiger partial charge in [-0.3, -0.25) is 0 Å². The molecule has 2 amide bonds. The number of hydrogen-bond donors (Lipinski definition) is 2. The van der Waals surface area contributed by atoms with Crippen molar-refractivity contribution in [1.82, 2.24) is 10.6 Å². The molecule has 2 saturated carbocycles. The highest BCUT2D eigenvalue weighted by atomic mass is 16.6. The maximum atomic E-state index is 11.4. The summed E-state index contributed by atoms with van der Waals surface area (Å²) in [6.45, 7) is 11.0. The first kappa shape index (κ1) is 25.6. The zero-order chi connectivity index (χ0) is 22.9. The van der Waals surface area contributed by atoms with Crippen molar-refractivity contribution < 1.29 is 19.1 Å². The van der Waals surface area contributed by atoms with E-state index in [1.165, 1.54) is 0 Å². The summed E-state index contributed by atoms with van der Waals surface area (Å²) in [5.41, 5.74) is -0.922. The highest BCUT2D eigenvalue weighted by Gasteiger charge is 2.28. The zero-order valence-electron chi connectivity index (χ0n) is 19.1. The van der Waals surface area contributed by atoms with Crippen molar-refractivity contribution in [2.75, 3.05) is 0 Å². The molecular weight excluding hydrogens is 384 g/mol. The second-order valence-electron chi connectivity index (χ2n) is 9.96. The summed E-state index contributed by atoms with van der Waals surface area (Å²) in [5, 5.41) is 23.0. The van der Waals surface area contributed by atoms with Crippen LogP contribution in [0, 0.1) is 34.5 Å². The van der Waals surface area contributed by atoms with E-state index in [9.17, 15) is 9.59 Å². The number of nitrogens with zero attached hydrogens (tertiary/aromatic N) is 2. The lowest BCUT2D eigenvalue weighted by molar-refractivity contribution is 0.0493. The minimum atomic E-state index is -0.461. The van der Waals surface area contributed by atoms with Gasteiger partial charge < -0.3 is 20.1 Å². The van der Waals surface area contributed by atoms with E-state index in [1.807, 2.05) is 41.5 Å². The maximum absolute atomic E-state index is 11.4. The zero-order valence-corrected chi connectivity index (χ0v) is 19.1. The predicted octanol–water partition coefficient (Wildman–Crippen LogP) is 4.41. The quantitative estimate of drug-likeness (QED) is 0.682. The fourth-order valence-corrected chi connectivity index (χ4v) is 3.41. The van der Waals surface area contributed by atoms with Crippen LogP contribution >= 0.6 is 0 Å². The topological polar surface area (TPSA) is 124 Å². The molecule has 0 aromatic carbocycles. The molecule has 168 valence electrons. The van der Waals surface area contributed by atoms with E-state index < -0.39 is 11.2 Å².